The Hall–Kier alpha value is -3.07. The Morgan fingerprint density at radius 1 is 1.12 bits per heavy atom. The third-order valence-corrected chi connectivity index (χ3v) is 5.27. The van der Waals surface area contributed by atoms with Crippen molar-refractivity contribution in [3.05, 3.63) is 52.3 Å². The zero-order chi connectivity index (χ0) is 24.2. The Labute approximate surface area is 191 Å². The zero-order valence-electron chi connectivity index (χ0n) is 20.7. The lowest BCUT2D eigenvalue weighted by Crippen LogP contribution is -2.20. The number of rotatable bonds is 7. The molecular weight excluding hydrogens is 402 g/mol. The smallest absolute Gasteiger partial charge is 0.309 e. The first kappa shape index (κ1) is 25.2. The van der Waals surface area contributed by atoms with E-state index in [-0.39, 0.29) is 17.3 Å². The molecule has 172 valence electrons. The average molecular weight is 438 g/mol. The van der Waals surface area contributed by atoms with Crippen LogP contribution in [0.4, 0.5) is 0 Å². The fourth-order valence-electron chi connectivity index (χ4n) is 3.45. The predicted octanol–water partition coefficient (Wildman–Crippen LogP) is 5.68. The van der Waals surface area contributed by atoms with Gasteiger partial charge in [-0.15, -0.1) is 0 Å². The summed E-state index contributed by atoms with van der Waals surface area (Å²) in [4.78, 5) is 12.2. The number of nitriles is 1. The molecule has 1 aromatic heterocycles. The van der Waals surface area contributed by atoms with Gasteiger partial charge in [0.15, 0.2) is 5.76 Å². The lowest BCUT2D eigenvalue weighted by molar-refractivity contribution is -0.165. The quantitative estimate of drug-likeness (QED) is 0.241. The van der Waals surface area contributed by atoms with E-state index in [1.807, 2.05) is 59.0 Å². The minimum absolute atomic E-state index is 0.00322. The third kappa shape index (κ3) is 6.00. The molecule has 0 fully saturated rings. The molecule has 1 aromatic carbocycles. The fraction of sp³-hybridized carbons (Fsp3) is 0.500. The molecule has 6 heteroatoms. The molecule has 0 saturated heterocycles. The molecule has 0 bridgehead atoms. The summed E-state index contributed by atoms with van der Waals surface area (Å²) in [6.07, 6.45) is -0.557. The van der Waals surface area contributed by atoms with E-state index in [1.54, 1.807) is 11.6 Å². The van der Waals surface area contributed by atoms with E-state index in [0.717, 1.165) is 16.8 Å². The number of benzene rings is 1. The van der Waals surface area contributed by atoms with Crippen LogP contribution in [0.1, 0.15) is 76.0 Å². The number of ether oxygens (including phenoxy) is 2. The largest absolute Gasteiger partial charge is 0.451 e. The molecular formula is C26H35N3O3. The lowest BCUT2D eigenvalue weighted by atomic mass is 9.86. The third-order valence-electron chi connectivity index (χ3n) is 5.27. The maximum Gasteiger partial charge on any atom is 0.309 e. The molecule has 6 nitrogen and oxygen atoms in total. The molecule has 0 spiro atoms. The van der Waals surface area contributed by atoms with Crippen molar-refractivity contribution in [3.63, 3.8) is 0 Å². The minimum Gasteiger partial charge on any atom is -0.451 e. The number of carbonyl (C=O) groups excluding carboxylic acids is 1. The number of carbonyl (C=O) groups is 1. The first-order chi connectivity index (χ1) is 14.8. The minimum atomic E-state index is -0.858. The van der Waals surface area contributed by atoms with E-state index < -0.39 is 6.29 Å². The van der Waals surface area contributed by atoms with Crippen LogP contribution in [0.5, 0.6) is 0 Å². The highest BCUT2D eigenvalue weighted by molar-refractivity contribution is 5.94. The average Bonchev–Trinajstić information content (AvgIpc) is 2.92. The van der Waals surface area contributed by atoms with Gasteiger partial charge in [0.1, 0.15) is 17.3 Å². The Morgan fingerprint density at radius 2 is 1.72 bits per heavy atom. The van der Waals surface area contributed by atoms with Crippen LogP contribution in [-0.4, -0.2) is 22.0 Å². The van der Waals surface area contributed by atoms with Crippen LogP contribution in [0.3, 0.4) is 0 Å². The fourth-order valence-corrected chi connectivity index (χ4v) is 3.45. The van der Waals surface area contributed by atoms with Crippen LogP contribution in [0.25, 0.3) is 11.3 Å². The normalized spacial score (nSPS) is 13.4. The second kappa shape index (κ2) is 10.0. The molecule has 0 radical (unpaired) electrons. The predicted molar refractivity (Wildman–Crippen MR) is 126 cm³/mol. The molecule has 0 aliphatic heterocycles. The molecule has 0 aliphatic rings. The van der Waals surface area contributed by atoms with Crippen LogP contribution in [0.15, 0.2) is 24.3 Å². The summed E-state index contributed by atoms with van der Waals surface area (Å²) < 4.78 is 13.3. The summed E-state index contributed by atoms with van der Waals surface area (Å²) >= 11 is 0. The van der Waals surface area contributed by atoms with Gasteiger partial charge < -0.3 is 9.47 Å². The van der Waals surface area contributed by atoms with Crippen molar-refractivity contribution in [1.82, 2.24) is 9.78 Å². The van der Waals surface area contributed by atoms with E-state index in [1.165, 1.54) is 5.56 Å². The van der Waals surface area contributed by atoms with Crippen LogP contribution in [0, 0.1) is 31.1 Å². The van der Waals surface area contributed by atoms with Gasteiger partial charge in [0.05, 0.1) is 5.69 Å². The number of esters is 1. The summed E-state index contributed by atoms with van der Waals surface area (Å²) in [7, 11) is 1.81. The van der Waals surface area contributed by atoms with E-state index in [2.05, 4.69) is 31.9 Å². The molecule has 0 amide bonds. The van der Waals surface area contributed by atoms with Crippen molar-refractivity contribution >= 4 is 17.3 Å². The van der Waals surface area contributed by atoms with Gasteiger partial charge in [-0.3, -0.25) is 9.48 Å². The van der Waals surface area contributed by atoms with Gasteiger partial charge in [-0.25, -0.2) is 0 Å². The van der Waals surface area contributed by atoms with Crippen molar-refractivity contribution in [2.45, 2.75) is 73.5 Å². The monoisotopic (exact) mass is 437 g/mol. The molecule has 1 atom stereocenters. The van der Waals surface area contributed by atoms with E-state index >= 15 is 0 Å². The van der Waals surface area contributed by atoms with E-state index in [0.29, 0.717) is 23.4 Å². The first-order valence-electron chi connectivity index (χ1n) is 11.0. The molecule has 0 saturated carbocycles. The summed E-state index contributed by atoms with van der Waals surface area (Å²) in [5, 5.41) is 14.6. The number of aryl methyl sites for hydroxylation is 2. The maximum absolute atomic E-state index is 12.2. The van der Waals surface area contributed by atoms with Gasteiger partial charge in [-0.05, 0) is 36.3 Å². The van der Waals surface area contributed by atoms with Gasteiger partial charge in [0.25, 0.3) is 0 Å². The molecule has 1 heterocycles. The molecule has 0 N–H and O–H groups in total. The van der Waals surface area contributed by atoms with Gasteiger partial charge in [-0.1, -0.05) is 58.9 Å². The Balaban J connectivity index is 2.56. The number of hydrogen-bond acceptors (Lipinski definition) is 5. The standard InChI is InChI=1S/C26H35N3O3/c1-16(2)14-23(30)31-19(5)32-25(24-17(3)18(4)28-29(24)9)22(15-27)20-10-12-21(13-11-20)26(6,7)8/h10-13,16,19H,14H2,1-9H3/b25-22-. The van der Waals surface area contributed by atoms with Crippen molar-refractivity contribution in [1.29, 1.82) is 5.26 Å². The van der Waals surface area contributed by atoms with Crippen molar-refractivity contribution in [3.8, 4) is 6.07 Å². The Kier molecular flexibility index (Phi) is 7.90. The topological polar surface area (TPSA) is 77.1 Å². The summed E-state index contributed by atoms with van der Waals surface area (Å²) in [5.74, 6) is 0.196. The summed E-state index contributed by atoms with van der Waals surface area (Å²) in [6.45, 7) is 15.9. The number of aromatic nitrogens is 2. The highest BCUT2D eigenvalue weighted by atomic mass is 16.7. The van der Waals surface area contributed by atoms with Gasteiger partial charge in [0, 0.05) is 26.0 Å². The van der Waals surface area contributed by atoms with Crippen LogP contribution in [-0.2, 0) is 26.7 Å². The second-order valence-electron chi connectivity index (χ2n) is 9.60. The molecule has 2 rings (SSSR count). The van der Waals surface area contributed by atoms with Crippen molar-refractivity contribution < 1.29 is 14.3 Å². The van der Waals surface area contributed by atoms with Crippen LogP contribution >= 0.6 is 0 Å². The number of nitrogens with zero attached hydrogens (tertiary/aromatic N) is 3. The van der Waals surface area contributed by atoms with Crippen LogP contribution in [0.2, 0.25) is 0 Å². The second-order valence-corrected chi connectivity index (χ2v) is 9.60. The molecule has 32 heavy (non-hydrogen) atoms. The van der Waals surface area contributed by atoms with Crippen LogP contribution < -0.4 is 0 Å². The number of hydrogen-bond donors (Lipinski definition) is 0. The zero-order valence-corrected chi connectivity index (χ0v) is 20.7. The molecule has 1 unspecified atom stereocenters. The molecule has 0 aliphatic carbocycles. The molecule has 2 aromatic rings. The van der Waals surface area contributed by atoms with E-state index in [9.17, 15) is 10.1 Å². The van der Waals surface area contributed by atoms with Gasteiger partial charge in [0.2, 0.25) is 6.29 Å². The lowest BCUT2D eigenvalue weighted by Gasteiger charge is -2.21. The Morgan fingerprint density at radius 3 is 2.16 bits per heavy atom. The SMILES string of the molecule is Cc1nn(C)c(/C(OC(C)OC(=O)CC(C)C)=C(\C#N)c2ccc(C(C)(C)C)cc2)c1C. The highest BCUT2D eigenvalue weighted by Crippen LogP contribution is 2.32. The summed E-state index contributed by atoms with van der Waals surface area (Å²) in [6, 6.07) is 10.2. The van der Waals surface area contributed by atoms with Gasteiger partial charge >= 0.3 is 5.97 Å². The first-order valence-corrected chi connectivity index (χ1v) is 11.0. The van der Waals surface area contributed by atoms with E-state index in [4.69, 9.17) is 9.47 Å². The summed E-state index contributed by atoms with van der Waals surface area (Å²) in [5.41, 5.74) is 4.70. The highest BCUT2D eigenvalue weighted by Gasteiger charge is 2.24. The van der Waals surface area contributed by atoms with Crippen molar-refractivity contribution in [2.75, 3.05) is 0 Å². The van der Waals surface area contributed by atoms with Crippen molar-refractivity contribution in [2.24, 2.45) is 13.0 Å². The maximum atomic E-state index is 12.2. The van der Waals surface area contributed by atoms with Gasteiger partial charge in [-0.2, -0.15) is 10.4 Å². The number of allylic oxidation sites excluding steroid dienone is 1. The Bertz CT molecular complexity index is 1030.